The Morgan fingerprint density at radius 1 is 1.12 bits per heavy atom. The van der Waals surface area contributed by atoms with Crippen molar-refractivity contribution in [3.63, 3.8) is 0 Å². The number of carbonyl (C=O) groups excluding carboxylic acids is 2. The van der Waals surface area contributed by atoms with Gasteiger partial charge in [-0.3, -0.25) is 4.79 Å². The van der Waals surface area contributed by atoms with Crippen molar-refractivity contribution in [1.82, 2.24) is 4.90 Å². The lowest BCUT2D eigenvalue weighted by molar-refractivity contribution is -0.126. The van der Waals surface area contributed by atoms with Crippen LogP contribution in [0.1, 0.15) is 12.0 Å². The maximum Gasteiger partial charge on any atom is 0.410 e. The van der Waals surface area contributed by atoms with E-state index in [2.05, 4.69) is 5.32 Å². The fraction of sp³-hybridized carbons (Fsp3) is 0.263. The van der Waals surface area contributed by atoms with E-state index in [-0.39, 0.29) is 26.1 Å². The molecular formula is C19H18F2N2O3. The number of amides is 2. The average molecular weight is 360 g/mol. The number of anilines is 1. The molecule has 1 fully saturated rings. The summed E-state index contributed by atoms with van der Waals surface area (Å²) in [6.07, 6.45) is -0.788. The highest BCUT2D eigenvalue weighted by Crippen LogP contribution is 2.28. The molecule has 0 radical (unpaired) electrons. The van der Waals surface area contributed by atoms with Gasteiger partial charge in [0.2, 0.25) is 5.67 Å². The van der Waals surface area contributed by atoms with Gasteiger partial charge in [-0.15, -0.1) is 0 Å². The Hall–Kier alpha value is -2.96. The summed E-state index contributed by atoms with van der Waals surface area (Å²) >= 11 is 0. The summed E-state index contributed by atoms with van der Waals surface area (Å²) in [5.74, 6) is -1.31. The second-order valence-electron chi connectivity index (χ2n) is 6.14. The van der Waals surface area contributed by atoms with Crippen LogP contribution in [0.5, 0.6) is 0 Å². The Bertz CT molecular complexity index is 783. The van der Waals surface area contributed by atoms with E-state index >= 15 is 0 Å². The zero-order valence-corrected chi connectivity index (χ0v) is 14.0. The van der Waals surface area contributed by atoms with Crippen molar-refractivity contribution < 1.29 is 23.1 Å². The fourth-order valence-electron chi connectivity index (χ4n) is 2.70. The van der Waals surface area contributed by atoms with Crippen LogP contribution in [0.4, 0.5) is 19.3 Å². The van der Waals surface area contributed by atoms with Gasteiger partial charge >= 0.3 is 6.09 Å². The lowest BCUT2D eigenvalue weighted by Crippen LogP contribution is -2.42. The number of hydrogen-bond acceptors (Lipinski definition) is 3. The zero-order chi connectivity index (χ0) is 18.6. The van der Waals surface area contributed by atoms with Gasteiger partial charge in [0, 0.05) is 18.7 Å². The number of nitrogens with zero attached hydrogens (tertiary/aromatic N) is 1. The molecule has 5 nitrogen and oxygen atoms in total. The second-order valence-corrected chi connectivity index (χ2v) is 6.14. The molecule has 0 saturated carbocycles. The molecule has 2 amide bonds. The highest BCUT2D eigenvalue weighted by molar-refractivity contribution is 5.98. The Kier molecular flexibility index (Phi) is 5.16. The van der Waals surface area contributed by atoms with Crippen molar-refractivity contribution >= 4 is 17.7 Å². The van der Waals surface area contributed by atoms with Gasteiger partial charge in [0.1, 0.15) is 12.4 Å². The van der Waals surface area contributed by atoms with Crippen LogP contribution in [0, 0.1) is 5.82 Å². The van der Waals surface area contributed by atoms with Crippen molar-refractivity contribution in [2.45, 2.75) is 18.7 Å². The fourth-order valence-corrected chi connectivity index (χ4v) is 2.70. The summed E-state index contributed by atoms with van der Waals surface area (Å²) in [6.45, 7) is -0.216. The molecule has 1 heterocycles. The van der Waals surface area contributed by atoms with Crippen molar-refractivity contribution in [1.29, 1.82) is 0 Å². The number of nitrogens with one attached hydrogen (secondary N) is 1. The van der Waals surface area contributed by atoms with Crippen LogP contribution in [0.15, 0.2) is 54.6 Å². The Morgan fingerprint density at radius 3 is 2.50 bits per heavy atom. The van der Waals surface area contributed by atoms with Crippen molar-refractivity contribution in [3.05, 3.63) is 66.0 Å². The molecule has 1 unspecified atom stereocenters. The van der Waals surface area contributed by atoms with Gasteiger partial charge in [-0.2, -0.15) is 0 Å². The lowest BCUT2D eigenvalue weighted by atomic mass is 10.0. The van der Waals surface area contributed by atoms with E-state index < -0.39 is 23.5 Å². The lowest BCUT2D eigenvalue weighted by Gasteiger charge is -2.20. The number of likely N-dealkylation sites (tertiary alicyclic amines) is 1. The van der Waals surface area contributed by atoms with Crippen molar-refractivity contribution in [2.24, 2.45) is 0 Å². The molecule has 1 N–H and O–H groups in total. The molecular weight excluding hydrogens is 342 g/mol. The number of alkyl halides is 1. The SMILES string of the molecule is O=C(OCc1ccccc1)N1CCC(F)(C(=O)Nc2ccc(F)cc2)C1. The van der Waals surface area contributed by atoms with E-state index in [0.29, 0.717) is 5.69 Å². The van der Waals surface area contributed by atoms with E-state index in [4.69, 9.17) is 4.74 Å². The molecule has 2 aromatic carbocycles. The van der Waals surface area contributed by atoms with Crippen LogP contribution in [-0.2, 0) is 16.1 Å². The molecule has 0 aliphatic carbocycles. The molecule has 0 bridgehead atoms. The van der Waals surface area contributed by atoms with Crippen LogP contribution in [0.25, 0.3) is 0 Å². The molecule has 1 aliphatic rings. The highest BCUT2D eigenvalue weighted by Gasteiger charge is 2.47. The number of hydrogen-bond donors (Lipinski definition) is 1. The number of rotatable bonds is 4. The van der Waals surface area contributed by atoms with Crippen LogP contribution in [-0.4, -0.2) is 35.7 Å². The van der Waals surface area contributed by atoms with Gasteiger partial charge in [0.15, 0.2) is 0 Å². The number of ether oxygens (including phenoxy) is 1. The summed E-state index contributed by atoms with van der Waals surface area (Å²) in [6, 6.07) is 14.2. The summed E-state index contributed by atoms with van der Waals surface area (Å²) in [4.78, 5) is 25.5. The third-order valence-corrected chi connectivity index (χ3v) is 4.19. The number of carbonyl (C=O) groups is 2. The van der Waals surface area contributed by atoms with E-state index in [1.807, 2.05) is 30.3 Å². The van der Waals surface area contributed by atoms with E-state index in [9.17, 15) is 18.4 Å². The Balaban J connectivity index is 1.54. The third-order valence-electron chi connectivity index (χ3n) is 4.19. The van der Waals surface area contributed by atoms with Crippen LogP contribution < -0.4 is 5.32 Å². The molecule has 3 rings (SSSR count). The summed E-state index contributed by atoms with van der Waals surface area (Å²) < 4.78 is 33.0. The Labute approximate surface area is 149 Å². The van der Waals surface area contributed by atoms with E-state index in [0.717, 1.165) is 5.56 Å². The minimum absolute atomic E-state index is 0.0806. The molecule has 1 saturated heterocycles. The van der Waals surface area contributed by atoms with Gasteiger partial charge in [-0.1, -0.05) is 30.3 Å². The van der Waals surface area contributed by atoms with E-state index in [1.54, 1.807) is 0 Å². The molecule has 1 aliphatic heterocycles. The highest BCUT2D eigenvalue weighted by atomic mass is 19.1. The van der Waals surface area contributed by atoms with Gasteiger partial charge < -0.3 is 15.0 Å². The first kappa shape index (κ1) is 17.8. The first-order valence-electron chi connectivity index (χ1n) is 8.18. The van der Waals surface area contributed by atoms with Gasteiger partial charge in [-0.25, -0.2) is 13.6 Å². The van der Waals surface area contributed by atoms with Crippen LogP contribution in [0.3, 0.4) is 0 Å². The minimum Gasteiger partial charge on any atom is -0.445 e. The van der Waals surface area contributed by atoms with Gasteiger partial charge in [-0.05, 0) is 29.8 Å². The van der Waals surface area contributed by atoms with Crippen LogP contribution in [0.2, 0.25) is 0 Å². The predicted octanol–water partition coefficient (Wildman–Crippen LogP) is 3.52. The summed E-state index contributed by atoms with van der Waals surface area (Å²) in [5, 5.41) is 2.41. The number of halogens is 2. The topological polar surface area (TPSA) is 58.6 Å². The Morgan fingerprint density at radius 2 is 1.81 bits per heavy atom. The normalized spacial score (nSPS) is 19.2. The minimum atomic E-state index is -2.21. The summed E-state index contributed by atoms with van der Waals surface area (Å²) in [5.41, 5.74) is -1.10. The molecule has 0 aromatic heterocycles. The zero-order valence-electron chi connectivity index (χ0n) is 14.0. The second kappa shape index (κ2) is 7.51. The maximum atomic E-state index is 14.9. The molecule has 0 spiro atoms. The van der Waals surface area contributed by atoms with Crippen LogP contribution >= 0.6 is 0 Å². The van der Waals surface area contributed by atoms with Gasteiger partial charge in [0.25, 0.3) is 5.91 Å². The van der Waals surface area contributed by atoms with Crippen molar-refractivity contribution in [2.75, 3.05) is 18.4 Å². The monoisotopic (exact) mass is 360 g/mol. The summed E-state index contributed by atoms with van der Waals surface area (Å²) in [7, 11) is 0. The smallest absolute Gasteiger partial charge is 0.410 e. The molecule has 2 aromatic rings. The molecule has 26 heavy (non-hydrogen) atoms. The van der Waals surface area contributed by atoms with Gasteiger partial charge in [0.05, 0.1) is 6.54 Å². The quantitative estimate of drug-likeness (QED) is 0.908. The first-order valence-corrected chi connectivity index (χ1v) is 8.18. The average Bonchev–Trinajstić information content (AvgIpc) is 3.06. The van der Waals surface area contributed by atoms with E-state index in [1.165, 1.54) is 29.2 Å². The number of benzene rings is 2. The molecule has 1 atom stereocenters. The van der Waals surface area contributed by atoms with Crippen molar-refractivity contribution in [3.8, 4) is 0 Å². The first-order chi connectivity index (χ1) is 12.5. The third kappa shape index (κ3) is 4.17. The predicted molar refractivity (Wildman–Crippen MR) is 91.7 cm³/mol. The largest absolute Gasteiger partial charge is 0.445 e. The molecule has 136 valence electrons. The maximum absolute atomic E-state index is 14.9. The standard InChI is InChI=1S/C19H18F2N2O3/c20-15-6-8-16(9-7-15)22-17(24)19(21)10-11-23(13-19)18(25)26-12-14-4-2-1-3-5-14/h1-9H,10-13H2,(H,22,24). The molecule has 7 heteroatoms.